The molecule has 2 N–H and O–H groups in total. The maximum atomic E-state index is 11.9. The number of carbonyl (C=O) groups is 3. The van der Waals surface area contributed by atoms with Crippen LogP contribution in [-0.4, -0.2) is 47.7 Å². The molecule has 21 heavy (non-hydrogen) atoms. The van der Waals surface area contributed by atoms with Crippen LogP contribution in [0, 0.1) is 0 Å². The third-order valence-corrected chi connectivity index (χ3v) is 2.59. The van der Waals surface area contributed by atoms with Gasteiger partial charge in [0.15, 0.2) is 0 Å². The standard InChI is InChI=1S/C14H18N2O5/c1-2-16(8-11-6-4-3-5-7-11)14(20)15-12(17)9-21-10-13(18)19/h3-7H,2,8-10H2,1H3,(H,18,19)(H,15,17,20). The number of aliphatic carboxylic acids is 1. The summed E-state index contributed by atoms with van der Waals surface area (Å²) in [5, 5.41) is 10.5. The van der Waals surface area contributed by atoms with E-state index in [-0.39, 0.29) is 0 Å². The van der Waals surface area contributed by atoms with Crippen molar-refractivity contribution in [2.24, 2.45) is 0 Å². The van der Waals surface area contributed by atoms with E-state index in [1.807, 2.05) is 30.3 Å². The molecule has 7 nitrogen and oxygen atoms in total. The van der Waals surface area contributed by atoms with Crippen LogP contribution < -0.4 is 5.32 Å². The lowest BCUT2D eigenvalue weighted by Crippen LogP contribution is -2.43. The Balaban J connectivity index is 2.44. The summed E-state index contributed by atoms with van der Waals surface area (Å²) in [6.45, 7) is 1.56. The highest BCUT2D eigenvalue weighted by Crippen LogP contribution is 2.04. The Kier molecular flexibility index (Phi) is 6.90. The zero-order valence-electron chi connectivity index (χ0n) is 11.7. The maximum absolute atomic E-state index is 11.9. The Bertz CT molecular complexity index is 489. The first-order valence-corrected chi connectivity index (χ1v) is 6.45. The van der Waals surface area contributed by atoms with Gasteiger partial charge in [-0.3, -0.25) is 10.1 Å². The minimum absolute atomic E-state index is 0.381. The molecule has 114 valence electrons. The van der Waals surface area contributed by atoms with Gasteiger partial charge in [0.25, 0.3) is 5.91 Å². The predicted molar refractivity (Wildman–Crippen MR) is 74.5 cm³/mol. The molecule has 7 heteroatoms. The fraction of sp³-hybridized carbons (Fsp3) is 0.357. The monoisotopic (exact) mass is 294 g/mol. The highest BCUT2D eigenvalue weighted by atomic mass is 16.5. The summed E-state index contributed by atoms with van der Waals surface area (Å²) in [5.74, 6) is -1.85. The van der Waals surface area contributed by atoms with E-state index in [4.69, 9.17) is 5.11 Å². The Hall–Kier alpha value is -2.41. The number of carboxylic acid groups (broad SMARTS) is 1. The number of hydrogen-bond donors (Lipinski definition) is 2. The first-order chi connectivity index (χ1) is 10.0. The van der Waals surface area contributed by atoms with Crippen molar-refractivity contribution < 1.29 is 24.2 Å². The average Bonchev–Trinajstić information content (AvgIpc) is 2.45. The topological polar surface area (TPSA) is 95.9 Å². The molecule has 1 aromatic carbocycles. The van der Waals surface area contributed by atoms with Crippen LogP contribution in [0.1, 0.15) is 12.5 Å². The maximum Gasteiger partial charge on any atom is 0.329 e. The minimum Gasteiger partial charge on any atom is -0.480 e. The molecule has 0 radical (unpaired) electrons. The van der Waals surface area contributed by atoms with Crippen molar-refractivity contribution in [3.63, 3.8) is 0 Å². The molecule has 0 aromatic heterocycles. The van der Waals surface area contributed by atoms with Crippen molar-refractivity contribution in [3.05, 3.63) is 35.9 Å². The third-order valence-electron chi connectivity index (χ3n) is 2.59. The van der Waals surface area contributed by atoms with E-state index in [0.29, 0.717) is 13.1 Å². The van der Waals surface area contributed by atoms with Crippen LogP contribution in [0.2, 0.25) is 0 Å². The Morgan fingerprint density at radius 2 is 1.86 bits per heavy atom. The Morgan fingerprint density at radius 3 is 2.43 bits per heavy atom. The zero-order valence-corrected chi connectivity index (χ0v) is 11.7. The first kappa shape index (κ1) is 16.6. The van der Waals surface area contributed by atoms with Crippen molar-refractivity contribution in [2.45, 2.75) is 13.5 Å². The summed E-state index contributed by atoms with van der Waals surface area (Å²) in [6, 6.07) is 8.84. The number of carbonyl (C=O) groups excluding carboxylic acids is 2. The molecular weight excluding hydrogens is 276 g/mol. The summed E-state index contributed by atoms with van der Waals surface area (Å²) >= 11 is 0. The second kappa shape index (κ2) is 8.70. The van der Waals surface area contributed by atoms with Crippen molar-refractivity contribution in [1.29, 1.82) is 0 Å². The number of urea groups is 1. The van der Waals surface area contributed by atoms with Crippen molar-refractivity contribution in [2.75, 3.05) is 19.8 Å². The first-order valence-electron chi connectivity index (χ1n) is 6.45. The van der Waals surface area contributed by atoms with Gasteiger partial charge in [0.2, 0.25) is 0 Å². The molecule has 3 amide bonds. The SMILES string of the molecule is CCN(Cc1ccccc1)C(=O)NC(=O)COCC(=O)O. The molecule has 0 fully saturated rings. The van der Waals surface area contributed by atoms with E-state index >= 15 is 0 Å². The number of nitrogens with zero attached hydrogens (tertiary/aromatic N) is 1. The van der Waals surface area contributed by atoms with Gasteiger partial charge in [-0.05, 0) is 12.5 Å². The molecule has 1 aromatic rings. The van der Waals surface area contributed by atoms with Gasteiger partial charge in [0.05, 0.1) is 0 Å². The molecule has 0 bridgehead atoms. The number of amides is 3. The van der Waals surface area contributed by atoms with Crippen molar-refractivity contribution >= 4 is 17.9 Å². The molecule has 0 aliphatic heterocycles. The molecular formula is C14H18N2O5. The highest BCUT2D eigenvalue weighted by molar-refractivity contribution is 5.95. The van der Waals surface area contributed by atoms with E-state index in [0.717, 1.165) is 5.56 Å². The smallest absolute Gasteiger partial charge is 0.329 e. The normalized spacial score (nSPS) is 9.95. The minimum atomic E-state index is -1.17. The van der Waals surface area contributed by atoms with Gasteiger partial charge in [-0.25, -0.2) is 9.59 Å². The number of carboxylic acids is 1. The number of rotatable bonds is 7. The van der Waals surface area contributed by atoms with Gasteiger partial charge in [-0.1, -0.05) is 30.3 Å². The molecule has 0 aliphatic rings. The fourth-order valence-electron chi connectivity index (χ4n) is 1.60. The van der Waals surface area contributed by atoms with Crippen molar-refractivity contribution in [3.8, 4) is 0 Å². The summed E-state index contributed by atoms with van der Waals surface area (Å²) in [5.41, 5.74) is 0.948. The predicted octanol–water partition coefficient (Wildman–Crippen LogP) is 0.846. The van der Waals surface area contributed by atoms with Gasteiger partial charge < -0.3 is 14.7 Å². The number of hydrogen-bond acceptors (Lipinski definition) is 4. The number of benzene rings is 1. The molecule has 0 unspecified atom stereocenters. The van der Waals surface area contributed by atoms with Gasteiger partial charge in [-0.2, -0.15) is 0 Å². The summed E-state index contributed by atoms with van der Waals surface area (Å²) in [7, 11) is 0. The summed E-state index contributed by atoms with van der Waals surface area (Å²) < 4.78 is 4.61. The van der Waals surface area contributed by atoms with E-state index in [1.165, 1.54) is 4.90 Å². The lowest BCUT2D eigenvalue weighted by atomic mass is 10.2. The molecule has 0 aliphatic carbocycles. The highest BCUT2D eigenvalue weighted by Gasteiger charge is 2.15. The van der Waals surface area contributed by atoms with Gasteiger partial charge in [0.1, 0.15) is 13.2 Å². The van der Waals surface area contributed by atoms with Crippen LogP contribution in [0.25, 0.3) is 0 Å². The molecule has 0 spiro atoms. The van der Waals surface area contributed by atoms with E-state index in [2.05, 4.69) is 10.1 Å². The molecule has 0 atom stereocenters. The largest absolute Gasteiger partial charge is 0.480 e. The number of ether oxygens (including phenoxy) is 1. The van der Waals surface area contributed by atoms with Gasteiger partial charge in [0, 0.05) is 13.1 Å². The fourth-order valence-corrected chi connectivity index (χ4v) is 1.60. The number of nitrogens with one attached hydrogen (secondary N) is 1. The van der Waals surface area contributed by atoms with Crippen LogP contribution in [0.15, 0.2) is 30.3 Å². The van der Waals surface area contributed by atoms with Crippen LogP contribution in [-0.2, 0) is 20.9 Å². The van der Waals surface area contributed by atoms with Crippen LogP contribution >= 0.6 is 0 Å². The van der Waals surface area contributed by atoms with Crippen LogP contribution in [0.5, 0.6) is 0 Å². The van der Waals surface area contributed by atoms with E-state index in [1.54, 1.807) is 6.92 Å². The lowest BCUT2D eigenvalue weighted by Gasteiger charge is -2.20. The van der Waals surface area contributed by atoms with Crippen LogP contribution in [0.3, 0.4) is 0 Å². The molecule has 0 heterocycles. The number of imide groups is 1. The van der Waals surface area contributed by atoms with E-state index in [9.17, 15) is 14.4 Å². The summed E-state index contributed by atoms with van der Waals surface area (Å²) in [4.78, 5) is 35.0. The van der Waals surface area contributed by atoms with Gasteiger partial charge >= 0.3 is 12.0 Å². The van der Waals surface area contributed by atoms with Crippen LogP contribution in [0.4, 0.5) is 4.79 Å². The summed E-state index contributed by atoms with van der Waals surface area (Å²) in [6.07, 6.45) is 0. The quantitative estimate of drug-likeness (QED) is 0.777. The van der Waals surface area contributed by atoms with Gasteiger partial charge in [-0.15, -0.1) is 0 Å². The lowest BCUT2D eigenvalue weighted by molar-refractivity contribution is -0.143. The molecule has 0 saturated heterocycles. The molecule has 1 rings (SSSR count). The zero-order chi connectivity index (χ0) is 15.7. The second-order valence-electron chi connectivity index (χ2n) is 4.24. The van der Waals surface area contributed by atoms with E-state index < -0.39 is 31.1 Å². The Morgan fingerprint density at radius 1 is 1.19 bits per heavy atom. The average molecular weight is 294 g/mol. The third kappa shape index (κ3) is 6.53. The Labute approximate surface area is 122 Å². The van der Waals surface area contributed by atoms with Crippen molar-refractivity contribution in [1.82, 2.24) is 10.2 Å². The molecule has 0 saturated carbocycles. The second-order valence-corrected chi connectivity index (χ2v) is 4.24.